The van der Waals surface area contributed by atoms with E-state index in [2.05, 4.69) is 28.2 Å². The van der Waals surface area contributed by atoms with Crippen molar-refractivity contribution in [2.45, 2.75) is 155 Å². The van der Waals surface area contributed by atoms with Crippen LogP contribution in [0, 0.1) is 17.8 Å². The Kier molecular flexibility index (Phi) is 24.0. The SMILES string of the molecule is CCCCCCCCCC[C@@H](O)C(C)C(=O)N(C)[C@@H](CC(C)C)C(=O)N[C@@H](C(=O)N[C@@H](CO)C(=O)N[C@@H](C(=O)NCC(=O)O)[C@H](C)O)[C@H](C)CC. The normalized spacial score (nSPS) is 16.1. The van der Waals surface area contributed by atoms with E-state index in [9.17, 15) is 44.1 Å². The van der Waals surface area contributed by atoms with Crippen molar-refractivity contribution in [2.75, 3.05) is 20.2 Å². The zero-order valence-corrected chi connectivity index (χ0v) is 32.1. The van der Waals surface area contributed by atoms with Crippen LogP contribution >= 0.6 is 0 Å². The highest BCUT2D eigenvalue weighted by molar-refractivity contribution is 5.96. The Morgan fingerprint density at radius 2 is 1.25 bits per heavy atom. The predicted octanol–water partition coefficient (Wildman–Crippen LogP) is 1.46. The third-order valence-corrected chi connectivity index (χ3v) is 9.22. The van der Waals surface area contributed by atoms with Crippen LogP contribution in [0.5, 0.6) is 0 Å². The second kappa shape index (κ2) is 25.6. The molecule has 0 heterocycles. The summed E-state index contributed by atoms with van der Waals surface area (Å²) in [6, 6.07) is -5.32. The van der Waals surface area contributed by atoms with Gasteiger partial charge in [-0.3, -0.25) is 28.8 Å². The first kappa shape index (κ1) is 47.7. The maximum absolute atomic E-state index is 13.8. The van der Waals surface area contributed by atoms with E-state index in [1.165, 1.54) is 44.6 Å². The van der Waals surface area contributed by atoms with Crippen LogP contribution < -0.4 is 21.3 Å². The van der Waals surface area contributed by atoms with E-state index < -0.39 is 96.9 Å². The lowest BCUT2D eigenvalue weighted by Crippen LogP contribution is -2.61. The van der Waals surface area contributed by atoms with Crippen LogP contribution in [0.1, 0.15) is 119 Å². The zero-order chi connectivity index (χ0) is 39.3. The number of hydrogen-bond acceptors (Lipinski definition) is 9. The highest BCUT2D eigenvalue weighted by atomic mass is 16.4. The van der Waals surface area contributed by atoms with Gasteiger partial charge >= 0.3 is 5.97 Å². The summed E-state index contributed by atoms with van der Waals surface area (Å²) in [4.78, 5) is 78.3. The van der Waals surface area contributed by atoms with Gasteiger partial charge in [-0.1, -0.05) is 99.3 Å². The summed E-state index contributed by atoms with van der Waals surface area (Å²) < 4.78 is 0. The quantitative estimate of drug-likeness (QED) is 0.0567. The Labute approximate surface area is 304 Å². The minimum atomic E-state index is -1.59. The van der Waals surface area contributed by atoms with E-state index in [1.807, 2.05) is 13.8 Å². The first-order valence-corrected chi connectivity index (χ1v) is 18.6. The number of aliphatic carboxylic acids is 1. The number of likely N-dealkylation sites (N-methyl/N-ethyl adjacent to an activating group) is 1. The topological polar surface area (TPSA) is 235 Å². The van der Waals surface area contributed by atoms with Crippen molar-refractivity contribution in [2.24, 2.45) is 17.8 Å². The Balaban J connectivity index is 5.70. The molecule has 5 amide bonds. The predicted molar refractivity (Wildman–Crippen MR) is 193 cm³/mol. The number of aliphatic hydroxyl groups is 3. The van der Waals surface area contributed by atoms with Gasteiger partial charge in [0.2, 0.25) is 29.5 Å². The molecule has 0 aliphatic heterocycles. The first-order chi connectivity index (χ1) is 23.9. The fraction of sp³-hybridized carbons (Fsp3) is 0.833. The lowest BCUT2D eigenvalue weighted by molar-refractivity contribution is -0.146. The molecule has 0 bridgehead atoms. The molecule has 1 unspecified atom stereocenters. The average molecular weight is 730 g/mol. The molecule has 296 valence electrons. The lowest BCUT2D eigenvalue weighted by Gasteiger charge is -2.34. The molecule has 0 radical (unpaired) electrons. The maximum atomic E-state index is 13.8. The van der Waals surface area contributed by atoms with E-state index in [-0.39, 0.29) is 12.3 Å². The van der Waals surface area contributed by atoms with Crippen LogP contribution in [0.15, 0.2) is 0 Å². The summed E-state index contributed by atoms with van der Waals surface area (Å²) in [7, 11) is 1.50. The van der Waals surface area contributed by atoms with Crippen molar-refractivity contribution < 1.29 is 49.2 Å². The van der Waals surface area contributed by atoms with Crippen molar-refractivity contribution in [3.63, 3.8) is 0 Å². The van der Waals surface area contributed by atoms with Gasteiger partial charge in [-0.05, 0) is 31.6 Å². The molecular weight excluding hydrogens is 662 g/mol. The fourth-order valence-corrected chi connectivity index (χ4v) is 5.60. The number of hydrogen-bond donors (Lipinski definition) is 8. The minimum Gasteiger partial charge on any atom is -0.480 e. The molecule has 0 aliphatic rings. The first-order valence-electron chi connectivity index (χ1n) is 18.6. The number of amides is 5. The molecule has 0 aliphatic carbocycles. The Morgan fingerprint density at radius 3 is 1.75 bits per heavy atom. The number of nitrogens with zero attached hydrogens (tertiary/aromatic N) is 1. The largest absolute Gasteiger partial charge is 0.480 e. The summed E-state index contributed by atoms with van der Waals surface area (Å²) in [5.74, 6) is -6.37. The number of carboxylic acids is 1. The summed E-state index contributed by atoms with van der Waals surface area (Å²) in [6.45, 7) is 10.7. The van der Waals surface area contributed by atoms with Gasteiger partial charge in [0.1, 0.15) is 30.7 Å². The van der Waals surface area contributed by atoms with Gasteiger partial charge in [-0.15, -0.1) is 0 Å². The second-order valence-corrected chi connectivity index (χ2v) is 14.2. The molecule has 0 saturated carbocycles. The number of unbranched alkanes of at least 4 members (excludes halogenated alkanes) is 7. The number of carboxylic acid groups (broad SMARTS) is 1. The molecule has 0 aromatic carbocycles. The number of carbonyl (C=O) groups is 6. The number of nitrogens with one attached hydrogen (secondary N) is 4. The smallest absolute Gasteiger partial charge is 0.322 e. The Hall–Kier alpha value is -3.30. The molecule has 15 nitrogen and oxygen atoms in total. The van der Waals surface area contributed by atoms with Crippen LogP contribution in [0.3, 0.4) is 0 Å². The molecule has 0 spiro atoms. The molecular formula is C36H67N5O10. The third kappa shape index (κ3) is 18.2. The molecule has 15 heteroatoms. The zero-order valence-electron chi connectivity index (χ0n) is 32.1. The fourth-order valence-electron chi connectivity index (χ4n) is 5.60. The van der Waals surface area contributed by atoms with E-state index in [1.54, 1.807) is 20.8 Å². The van der Waals surface area contributed by atoms with Crippen molar-refractivity contribution >= 4 is 35.5 Å². The second-order valence-electron chi connectivity index (χ2n) is 14.2. The van der Waals surface area contributed by atoms with Crippen molar-refractivity contribution in [3.05, 3.63) is 0 Å². The molecule has 8 atom stereocenters. The molecule has 0 fully saturated rings. The Bertz CT molecular complexity index is 1090. The monoisotopic (exact) mass is 729 g/mol. The van der Waals surface area contributed by atoms with E-state index in [0.717, 1.165) is 25.7 Å². The number of aliphatic hydroxyl groups excluding tert-OH is 3. The van der Waals surface area contributed by atoms with Crippen LogP contribution in [0.25, 0.3) is 0 Å². The van der Waals surface area contributed by atoms with Crippen LogP contribution in [0.4, 0.5) is 0 Å². The van der Waals surface area contributed by atoms with Gasteiger partial charge in [-0.2, -0.15) is 0 Å². The van der Waals surface area contributed by atoms with Gasteiger partial charge in [0.05, 0.1) is 24.7 Å². The molecule has 8 N–H and O–H groups in total. The van der Waals surface area contributed by atoms with E-state index >= 15 is 0 Å². The molecule has 51 heavy (non-hydrogen) atoms. The standard InChI is InChI=1S/C36H67N5O10/c1-9-11-12-13-14-15-16-17-18-28(44)24(6)36(51)41(8)27(19-22(3)4)33(48)39-30(23(5)10-2)35(50)38-26(21-42)32(47)40-31(25(7)43)34(49)37-20-29(45)46/h22-28,30-31,42-44H,9-21H2,1-8H3,(H,37,49)(H,38,50)(H,39,48)(H,40,47)(H,45,46)/t23-,24?,25+,26+,27+,28-,30-,31-/m1/s1. The number of carbonyl (C=O) groups excluding carboxylic acids is 5. The number of rotatable bonds is 27. The van der Waals surface area contributed by atoms with Gasteiger partial charge in [-0.25, -0.2) is 0 Å². The summed E-state index contributed by atoms with van der Waals surface area (Å²) >= 11 is 0. The summed E-state index contributed by atoms with van der Waals surface area (Å²) in [5, 5.41) is 49.0. The Morgan fingerprint density at radius 1 is 0.706 bits per heavy atom. The minimum absolute atomic E-state index is 0.0125. The maximum Gasteiger partial charge on any atom is 0.322 e. The van der Waals surface area contributed by atoms with Crippen LogP contribution in [-0.4, -0.2) is 117 Å². The average Bonchev–Trinajstić information content (AvgIpc) is 3.08. The van der Waals surface area contributed by atoms with Crippen molar-refractivity contribution in [3.8, 4) is 0 Å². The van der Waals surface area contributed by atoms with Gasteiger partial charge in [0, 0.05) is 7.05 Å². The van der Waals surface area contributed by atoms with E-state index in [4.69, 9.17) is 5.11 Å². The van der Waals surface area contributed by atoms with Gasteiger partial charge < -0.3 is 46.6 Å². The molecule has 0 saturated heterocycles. The third-order valence-electron chi connectivity index (χ3n) is 9.22. The van der Waals surface area contributed by atoms with Crippen molar-refractivity contribution in [1.29, 1.82) is 0 Å². The van der Waals surface area contributed by atoms with Gasteiger partial charge in [0.25, 0.3) is 0 Å². The summed E-state index contributed by atoms with van der Waals surface area (Å²) in [5.41, 5.74) is 0. The highest BCUT2D eigenvalue weighted by Crippen LogP contribution is 2.20. The molecule has 0 aromatic rings. The van der Waals surface area contributed by atoms with Crippen LogP contribution in [0.2, 0.25) is 0 Å². The molecule has 0 aromatic heterocycles. The molecule has 0 rings (SSSR count). The highest BCUT2D eigenvalue weighted by Gasteiger charge is 2.37. The van der Waals surface area contributed by atoms with Crippen LogP contribution in [-0.2, 0) is 28.8 Å². The summed E-state index contributed by atoms with van der Waals surface area (Å²) in [6.07, 6.45) is 7.73. The van der Waals surface area contributed by atoms with Gasteiger partial charge in [0.15, 0.2) is 0 Å². The van der Waals surface area contributed by atoms with Crippen molar-refractivity contribution in [1.82, 2.24) is 26.2 Å². The van der Waals surface area contributed by atoms with E-state index in [0.29, 0.717) is 12.8 Å². The lowest BCUT2D eigenvalue weighted by atomic mass is 9.94.